The number of hydrogen-bond donors (Lipinski definition) is 1. The summed E-state index contributed by atoms with van der Waals surface area (Å²) in [6.07, 6.45) is 3.79. The molecule has 0 unspecified atom stereocenters. The van der Waals surface area contributed by atoms with Gasteiger partial charge in [0.1, 0.15) is 18.3 Å². The van der Waals surface area contributed by atoms with Crippen LogP contribution in [0.5, 0.6) is 5.75 Å². The molecule has 5 rings (SSSR count). The Kier molecular flexibility index (Phi) is 12.4. The van der Waals surface area contributed by atoms with E-state index in [1.807, 2.05) is 54.6 Å². The molecule has 0 aromatic heterocycles. The molecule has 1 N–H and O–H groups in total. The molecule has 51 heavy (non-hydrogen) atoms. The van der Waals surface area contributed by atoms with E-state index in [9.17, 15) is 28.1 Å². The average molecular weight is 798 g/mol. The molecule has 1 aliphatic carbocycles. The Labute approximate surface area is 310 Å². The second-order valence-corrected chi connectivity index (χ2v) is 15.6. The van der Waals surface area contributed by atoms with Gasteiger partial charge in [-0.15, -0.1) is 0 Å². The van der Waals surface area contributed by atoms with Crippen LogP contribution in [-0.4, -0.2) is 55.8 Å². The summed E-state index contributed by atoms with van der Waals surface area (Å²) in [5.41, 5.74) is 1.32. The highest BCUT2D eigenvalue weighted by molar-refractivity contribution is 9.10. The minimum atomic E-state index is -4.67. The third-order valence-corrected chi connectivity index (χ3v) is 11.4. The highest BCUT2D eigenvalue weighted by Crippen LogP contribution is 2.36. The van der Waals surface area contributed by atoms with Crippen molar-refractivity contribution in [3.63, 3.8) is 0 Å². The predicted octanol–water partition coefficient (Wildman–Crippen LogP) is 7.22. The van der Waals surface area contributed by atoms with Gasteiger partial charge in [0.15, 0.2) is 0 Å². The fourth-order valence-electron chi connectivity index (χ4n) is 6.20. The maximum Gasteiger partial charge on any atom is 0.273 e. The topological polar surface area (TPSA) is 139 Å². The predicted molar refractivity (Wildman–Crippen MR) is 199 cm³/mol. The van der Waals surface area contributed by atoms with Crippen LogP contribution in [0.2, 0.25) is 5.02 Å². The number of nitro benzene ring substituents is 1. The molecule has 0 radical (unpaired) electrons. The van der Waals surface area contributed by atoms with Crippen LogP contribution in [-0.2, 0) is 32.6 Å². The number of rotatable bonds is 14. The van der Waals surface area contributed by atoms with E-state index in [0.29, 0.717) is 5.56 Å². The van der Waals surface area contributed by atoms with Gasteiger partial charge in [-0.3, -0.25) is 24.0 Å². The molecular formula is C37H38BrClN4O7S. The monoisotopic (exact) mass is 796 g/mol. The summed E-state index contributed by atoms with van der Waals surface area (Å²) >= 11 is 9.86. The summed E-state index contributed by atoms with van der Waals surface area (Å²) in [4.78, 5) is 41.2. The van der Waals surface area contributed by atoms with E-state index in [1.165, 1.54) is 49.3 Å². The molecule has 0 heterocycles. The fraction of sp³-hybridized carbons (Fsp3) is 0.297. The standard InChI is InChI=1S/C37H38BrClN4O7S/c1-25-15-17-31(22-32(25)43(46)47)51(48,49)42(33-21-29(39)16-18-35(33)50-2)24-36(44)41(23-27-11-8-12-28(38)19-27)34(20-26-9-4-3-5-10-26)37(45)40-30-13-6-7-14-30/h3-5,8-12,15-19,21-22,30,34H,6-7,13-14,20,23-24H2,1-2H3,(H,40,45)/t34-/m0/s1. The molecule has 1 atom stereocenters. The molecule has 11 nitrogen and oxygen atoms in total. The number of carbonyl (C=O) groups excluding carboxylic acids is 2. The Morgan fingerprint density at radius 1 is 1.00 bits per heavy atom. The van der Waals surface area contributed by atoms with Crippen LogP contribution < -0.4 is 14.4 Å². The number of halogens is 2. The van der Waals surface area contributed by atoms with E-state index in [2.05, 4.69) is 21.2 Å². The number of carbonyl (C=O) groups is 2. The Bertz CT molecular complexity index is 2010. The van der Waals surface area contributed by atoms with Gasteiger partial charge in [-0.05, 0) is 67.3 Å². The van der Waals surface area contributed by atoms with Crippen molar-refractivity contribution in [1.29, 1.82) is 0 Å². The Morgan fingerprint density at radius 3 is 2.37 bits per heavy atom. The molecule has 0 spiro atoms. The number of nitrogens with zero attached hydrogens (tertiary/aromatic N) is 3. The summed E-state index contributed by atoms with van der Waals surface area (Å²) in [6, 6.07) is 23.4. The molecule has 1 fully saturated rings. The molecule has 0 bridgehead atoms. The van der Waals surface area contributed by atoms with Crippen molar-refractivity contribution in [1.82, 2.24) is 10.2 Å². The summed E-state index contributed by atoms with van der Waals surface area (Å²) in [5.74, 6) is -0.946. The molecule has 2 amide bonds. The van der Waals surface area contributed by atoms with Gasteiger partial charge in [0.2, 0.25) is 11.8 Å². The number of benzene rings is 4. The Morgan fingerprint density at radius 2 is 1.71 bits per heavy atom. The third kappa shape index (κ3) is 9.26. The van der Waals surface area contributed by atoms with Gasteiger partial charge < -0.3 is 15.0 Å². The quantitative estimate of drug-likeness (QED) is 0.105. The van der Waals surface area contributed by atoms with Crippen LogP contribution in [0.25, 0.3) is 0 Å². The zero-order chi connectivity index (χ0) is 36.7. The van der Waals surface area contributed by atoms with E-state index in [0.717, 1.165) is 46.1 Å². The van der Waals surface area contributed by atoms with Crippen LogP contribution >= 0.6 is 27.5 Å². The van der Waals surface area contributed by atoms with E-state index in [4.69, 9.17) is 16.3 Å². The van der Waals surface area contributed by atoms with Crippen LogP contribution in [0, 0.1) is 17.0 Å². The summed E-state index contributed by atoms with van der Waals surface area (Å²) in [6.45, 7) is 0.695. The van der Waals surface area contributed by atoms with Crippen molar-refractivity contribution in [2.45, 2.75) is 62.6 Å². The molecule has 14 heteroatoms. The normalized spacial score (nSPS) is 13.7. The first kappa shape index (κ1) is 37.8. The fourth-order valence-corrected chi connectivity index (χ4v) is 8.25. The number of anilines is 1. The second-order valence-electron chi connectivity index (χ2n) is 12.4. The number of methoxy groups -OCH3 is 1. The molecule has 0 saturated heterocycles. The second kappa shape index (κ2) is 16.7. The highest BCUT2D eigenvalue weighted by atomic mass is 79.9. The van der Waals surface area contributed by atoms with Gasteiger partial charge in [-0.2, -0.15) is 0 Å². The van der Waals surface area contributed by atoms with Crippen molar-refractivity contribution in [2.24, 2.45) is 0 Å². The number of hydrogen-bond acceptors (Lipinski definition) is 7. The van der Waals surface area contributed by atoms with Crippen LogP contribution in [0.15, 0.2) is 100 Å². The molecule has 1 saturated carbocycles. The smallest absolute Gasteiger partial charge is 0.273 e. The maximum absolute atomic E-state index is 14.8. The van der Waals surface area contributed by atoms with Crippen LogP contribution in [0.1, 0.15) is 42.4 Å². The first-order valence-electron chi connectivity index (χ1n) is 16.4. The van der Waals surface area contributed by atoms with Crippen molar-refractivity contribution >= 4 is 60.7 Å². The number of ether oxygens (including phenoxy) is 1. The van der Waals surface area contributed by atoms with Gasteiger partial charge in [0, 0.05) is 40.1 Å². The van der Waals surface area contributed by atoms with Gasteiger partial charge >= 0.3 is 0 Å². The first-order valence-corrected chi connectivity index (χ1v) is 19.0. The molecule has 4 aromatic rings. The minimum Gasteiger partial charge on any atom is -0.495 e. The zero-order valence-corrected chi connectivity index (χ0v) is 31.3. The van der Waals surface area contributed by atoms with Crippen molar-refractivity contribution in [3.8, 4) is 5.75 Å². The van der Waals surface area contributed by atoms with Crippen molar-refractivity contribution < 1.29 is 27.7 Å². The summed E-state index contributed by atoms with van der Waals surface area (Å²) in [7, 11) is -3.33. The Hall–Kier alpha value is -4.46. The van der Waals surface area contributed by atoms with Gasteiger partial charge in [-0.25, -0.2) is 8.42 Å². The largest absolute Gasteiger partial charge is 0.495 e. The molecular weight excluding hydrogens is 760 g/mol. The van der Waals surface area contributed by atoms with Gasteiger partial charge in [0.05, 0.1) is 22.6 Å². The minimum absolute atomic E-state index is 0.0234. The van der Waals surface area contributed by atoms with Crippen LogP contribution in [0.3, 0.4) is 0 Å². The number of amides is 2. The number of sulfonamides is 1. The Balaban J connectivity index is 1.64. The van der Waals surface area contributed by atoms with E-state index in [1.54, 1.807) is 0 Å². The summed E-state index contributed by atoms with van der Waals surface area (Å²) in [5, 5.41) is 15.1. The molecule has 1 aliphatic rings. The number of nitro groups is 1. The lowest BCUT2D eigenvalue weighted by atomic mass is 10.0. The van der Waals surface area contributed by atoms with E-state index < -0.39 is 44.0 Å². The van der Waals surface area contributed by atoms with Crippen molar-refractivity contribution in [3.05, 3.63) is 127 Å². The lowest BCUT2D eigenvalue weighted by Gasteiger charge is -2.34. The lowest BCUT2D eigenvalue weighted by molar-refractivity contribution is -0.385. The van der Waals surface area contributed by atoms with Gasteiger partial charge in [0.25, 0.3) is 15.7 Å². The van der Waals surface area contributed by atoms with Gasteiger partial charge in [-0.1, -0.05) is 88.9 Å². The first-order chi connectivity index (χ1) is 24.4. The van der Waals surface area contributed by atoms with Crippen molar-refractivity contribution in [2.75, 3.05) is 18.0 Å². The van der Waals surface area contributed by atoms with E-state index >= 15 is 0 Å². The highest BCUT2D eigenvalue weighted by Gasteiger charge is 2.37. The third-order valence-electron chi connectivity index (χ3n) is 8.87. The van der Waals surface area contributed by atoms with E-state index in [-0.39, 0.29) is 46.9 Å². The maximum atomic E-state index is 14.8. The molecule has 268 valence electrons. The van der Waals surface area contributed by atoms with Crippen LogP contribution in [0.4, 0.5) is 11.4 Å². The molecule has 4 aromatic carbocycles. The SMILES string of the molecule is COc1ccc(Cl)cc1N(CC(=O)N(Cc1cccc(Br)c1)[C@@H](Cc1ccccc1)C(=O)NC1CCCC1)S(=O)(=O)c1ccc(C)c([N+](=O)[O-])c1. The summed E-state index contributed by atoms with van der Waals surface area (Å²) < 4.78 is 36.2. The zero-order valence-electron chi connectivity index (χ0n) is 28.1. The molecule has 0 aliphatic heterocycles. The number of aryl methyl sites for hydroxylation is 1. The average Bonchev–Trinajstić information content (AvgIpc) is 3.62. The lowest BCUT2D eigenvalue weighted by Crippen LogP contribution is -2.54. The number of nitrogens with one attached hydrogen (secondary N) is 1.